The molecule has 0 amide bonds. The van der Waals surface area contributed by atoms with Gasteiger partial charge in [-0.15, -0.1) is 0 Å². The number of hydrogen-bond acceptors (Lipinski definition) is 2. The third kappa shape index (κ3) is 2.14. The van der Waals surface area contributed by atoms with Crippen LogP contribution in [0.4, 0.5) is 11.4 Å². The second-order valence-electron chi connectivity index (χ2n) is 4.70. The molecule has 2 aromatic rings. The average Bonchev–Trinajstić information content (AvgIpc) is 2.53. The molecule has 4 rings (SSSR count). The van der Waals surface area contributed by atoms with Gasteiger partial charge in [0.2, 0.25) is 0 Å². The summed E-state index contributed by atoms with van der Waals surface area (Å²) in [5.41, 5.74) is 2.08. The van der Waals surface area contributed by atoms with Crippen molar-refractivity contribution < 1.29 is 0 Å². The Bertz CT molecular complexity index is 925. The van der Waals surface area contributed by atoms with Gasteiger partial charge in [0, 0.05) is 0 Å². The first-order valence-corrected chi connectivity index (χ1v) is 10.2. The van der Waals surface area contributed by atoms with Crippen LogP contribution in [-0.2, 0) is 0 Å². The van der Waals surface area contributed by atoms with Gasteiger partial charge in [0.25, 0.3) is 0 Å². The summed E-state index contributed by atoms with van der Waals surface area (Å²) in [4.78, 5) is 9.50. The Balaban J connectivity index is 2.03. The summed E-state index contributed by atoms with van der Waals surface area (Å²) in [6, 6.07) is 8.63. The summed E-state index contributed by atoms with van der Waals surface area (Å²) in [5, 5.41) is 2.57. The van der Waals surface area contributed by atoms with Gasteiger partial charge in [0.15, 0.2) is 0 Å². The van der Waals surface area contributed by atoms with Crippen molar-refractivity contribution in [1.29, 1.82) is 0 Å². The topological polar surface area (TPSA) is 24.7 Å². The molecule has 4 heteroatoms. The first-order valence-electron chi connectivity index (χ1n) is 6.78. The van der Waals surface area contributed by atoms with Crippen LogP contribution >= 0.6 is 0 Å². The molecule has 104 valence electrons. The van der Waals surface area contributed by atoms with Crippen LogP contribution in [0.15, 0.2) is 34.3 Å². The zero-order valence-corrected chi connectivity index (χ0v) is 15.4. The molecule has 0 aliphatic carbocycles. The molecular formula is C18H10N2Se2. The molecule has 0 spiro atoms. The predicted molar refractivity (Wildman–Crippen MR) is 95.8 cm³/mol. The number of benzene rings is 2. The molecule has 2 nitrogen and oxygen atoms in total. The zero-order chi connectivity index (χ0) is 15.1. The van der Waals surface area contributed by atoms with Gasteiger partial charge in [-0.2, -0.15) is 0 Å². The third-order valence-electron chi connectivity index (χ3n) is 3.36. The monoisotopic (exact) mass is 414 g/mol. The molecule has 2 heterocycles. The van der Waals surface area contributed by atoms with Crippen molar-refractivity contribution in [2.24, 2.45) is 9.98 Å². The molecule has 2 aliphatic rings. The van der Waals surface area contributed by atoms with Crippen LogP contribution in [-0.4, -0.2) is 39.1 Å². The second kappa shape index (κ2) is 5.44. The summed E-state index contributed by atoms with van der Waals surface area (Å²) in [6.07, 6.45) is 0. The predicted octanol–water partition coefficient (Wildman–Crippen LogP) is 1.63. The molecule has 0 radical (unpaired) electrons. The summed E-state index contributed by atoms with van der Waals surface area (Å²) in [6.45, 7) is 3.73. The van der Waals surface area contributed by atoms with E-state index in [0.717, 1.165) is 20.6 Å². The van der Waals surface area contributed by atoms with Gasteiger partial charge in [-0.25, -0.2) is 0 Å². The van der Waals surface area contributed by atoms with Gasteiger partial charge in [0.05, 0.1) is 0 Å². The fourth-order valence-electron chi connectivity index (χ4n) is 2.55. The van der Waals surface area contributed by atoms with Gasteiger partial charge in [-0.05, 0) is 0 Å². The standard InChI is InChI=1S/C18H10N2Se2/c1-3-5-15-19-11-7-10-14-18-12(20-16(22-14)6-4-2)8-9-13(21-15)17(11)18/h7-10H,1-2H3. The Morgan fingerprint density at radius 3 is 1.59 bits per heavy atom. The average molecular weight is 412 g/mol. The zero-order valence-electron chi connectivity index (χ0n) is 12.0. The van der Waals surface area contributed by atoms with Crippen LogP contribution in [0.3, 0.4) is 0 Å². The van der Waals surface area contributed by atoms with Crippen molar-refractivity contribution in [1.82, 2.24) is 0 Å². The SMILES string of the molecule is CC#CC1=Nc2ccc3c4c(ccc(c24)[Se]1)N=C(C#CC)[Se]3. The summed E-state index contributed by atoms with van der Waals surface area (Å²) < 4.78 is 4.75. The molecule has 0 unspecified atom stereocenters. The summed E-state index contributed by atoms with van der Waals surface area (Å²) in [5.74, 6) is 12.2. The quantitative estimate of drug-likeness (QED) is 0.465. The van der Waals surface area contributed by atoms with E-state index in [0.29, 0.717) is 0 Å². The Labute approximate surface area is 141 Å². The van der Waals surface area contributed by atoms with Crippen LogP contribution < -0.4 is 8.92 Å². The van der Waals surface area contributed by atoms with Crippen LogP contribution in [0.1, 0.15) is 13.8 Å². The summed E-state index contributed by atoms with van der Waals surface area (Å²) >= 11 is 0.376. The van der Waals surface area contributed by atoms with E-state index in [-0.39, 0.29) is 29.9 Å². The van der Waals surface area contributed by atoms with Crippen molar-refractivity contribution in [2.45, 2.75) is 13.8 Å². The normalized spacial score (nSPS) is 14.3. The fraction of sp³-hybridized carbons (Fsp3) is 0.111. The molecule has 2 aromatic carbocycles. The molecular weight excluding hydrogens is 402 g/mol. The van der Waals surface area contributed by atoms with Crippen LogP contribution in [0.2, 0.25) is 0 Å². The molecule has 0 aromatic heterocycles. The Kier molecular flexibility index (Phi) is 3.42. The van der Waals surface area contributed by atoms with E-state index in [1.165, 1.54) is 19.7 Å². The van der Waals surface area contributed by atoms with Crippen LogP contribution in [0.5, 0.6) is 0 Å². The second-order valence-corrected chi connectivity index (χ2v) is 9.03. The summed E-state index contributed by atoms with van der Waals surface area (Å²) in [7, 11) is 0. The molecule has 0 bridgehead atoms. The van der Waals surface area contributed by atoms with Crippen molar-refractivity contribution in [2.75, 3.05) is 0 Å². The first-order chi connectivity index (χ1) is 10.8. The number of aliphatic imine (C=N–C) groups is 2. The minimum absolute atomic E-state index is 0.188. The minimum atomic E-state index is 0.188. The molecule has 0 saturated carbocycles. The maximum atomic E-state index is 4.75. The van der Waals surface area contributed by atoms with E-state index in [1.54, 1.807) is 0 Å². The molecule has 2 aliphatic heterocycles. The van der Waals surface area contributed by atoms with Gasteiger partial charge in [0.1, 0.15) is 0 Å². The van der Waals surface area contributed by atoms with Gasteiger partial charge < -0.3 is 0 Å². The van der Waals surface area contributed by atoms with Crippen LogP contribution in [0.25, 0.3) is 10.8 Å². The van der Waals surface area contributed by atoms with Crippen LogP contribution in [0, 0.1) is 23.7 Å². The third-order valence-corrected chi connectivity index (χ3v) is 7.33. The molecule has 0 N–H and O–H groups in total. The Morgan fingerprint density at radius 1 is 0.727 bits per heavy atom. The Hall–Kier alpha value is -1.80. The Morgan fingerprint density at radius 2 is 1.18 bits per heavy atom. The van der Waals surface area contributed by atoms with E-state index in [2.05, 4.69) is 47.9 Å². The molecule has 0 atom stereocenters. The number of hydrogen-bond donors (Lipinski definition) is 0. The van der Waals surface area contributed by atoms with E-state index < -0.39 is 0 Å². The molecule has 22 heavy (non-hydrogen) atoms. The van der Waals surface area contributed by atoms with Gasteiger partial charge in [-0.3, -0.25) is 0 Å². The van der Waals surface area contributed by atoms with Crippen molar-refractivity contribution in [3.63, 3.8) is 0 Å². The van der Waals surface area contributed by atoms with Crippen molar-refractivity contribution in [3.05, 3.63) is 24.3 Å². The van der Waals surface area contributed by atoms with Gasteiger partial charge in [-0.1, -0.05) is 0 Å². The molecule has 0 saturated heterocycles. The van der Waals surface area contributed by atoms with Crippen molar-refractivity contribution >= 4 is 70.2 Å². The maximum absolute atomic E-state index is 4.75. The number of rotatable bonds is 0. The van der Waals surface area contributed by atoms with E-state index >= 15 is 0 Å². The van der Waals surface area contributed by atoms with E-state index in [4.69, 9.17) is 9.98 Å². The van der Waals surface area contributed by atoms with E-state index in [9.17, 15) is 0 Å². The number of nitrogens with zero attached hydrogens (tertiary/aromatic N) is 2. The first kappa shape index (κ1) is 13.8. The molecule has 0 fully saturated rings. The van der Waals surface area contributed by atoms with E-state index in [1.807, 2.05) is 13.8 Å². The van der Waals surface area contributed by atoms with Gasteiger partial charge >= 0.3 is 142 Å². The van der Waals surface area contributed by atoms with Crippen molar-refractivity contribution in [3.8, 4) is 23.7 Å². The fourth-order valence-corrected chi connectivity index (χ4v) is 6.53.